The van der Waals surface area contributed by atoms with Gasteiger partial charge in [-0.2, -0.15) is 0 Å². The van der Waals surface area contributed by atoms with Crippen molar-refractivity contribution in [3.8, 4) is 11.4 Å². The predicted molar refractivity (Wildman–Crippen MR) is 119 cm³/mol. The van der Waals surface area contributed by atoms with Gasteiger partial charge >= 0.3 is 0 Å². The van der Waals surface area contributed by atoms with Gasteiger partial charge in [-0.05, 0) is 91.0 Å². The third kappa shape index (κ3) is 3.87. The minimum atomic E-state index is -0.235. The molecule has 0 bridgehead atoms. The van der Waals surface area contributed by atoms with Crippen LogP contribution in [-0.4, -0.2) is 46.2 Å². The van der Waals surface area contributed by atoms with E-state index < -0.39 is 0 Å². The Morgan fingerprint density at radius 2 is 2.11 bits per heavy atom. The molecule has 1 aliphatic rings. The summed E-state index contributed by atoms with van der Waals surface area (Å²) in [6.07, 6.45) is 4.46. The molecule has 1 fully saturated rings. The molecule has 3 heterocycles. The van der Waals surface area contributed by atoms with Crippen molar-refractivity contribution in [2.24, 2.45) is 0 Å². The number of rotatable bonds is 5. The number of nitrogens with zero attached hydrogens (tertiary/aromatic N) is 2. The van der Waals surface area contributed by atoms with E-state index in [2.05, 4.69) is 56.5 Å². The Bertz CT molecular complexity index is 1040. The molecule has 5 nitrogen and oxygen atoms in total. The number of aryl methyl sites for hydroxylation is 1. The maximum absolute atomic E-state index is 12.4. The number of alkyl halides is 1. The number of hydrogen-bond acceptors (Lipinski definition) is 3. The topological polar surface area (TPSA) is 64.8 Å². The van der Waals surface area contributed by atoms with E-state index >= 15 is 0 Å². The summed E-state index contributed by atoms with van der Waals surface area (Å²) in [5.74, 6) is 1.12. The molecule has 7 heteroatoms. The summed E-state index contributed by atoms with van der Waals surface area (Å²) >= 11 is 2.17. The number of fused-ring (bicyclic) bond motifs is 1. The summed E-state index contributed by atoms with van der Waals surface area (Å²) in [4.78, 5) is 25.4. The normalized spacial score (nSPS) is 16.1. The first-order valence-corrected chi connectivity index (χ1v) is 10.8. The zero-order valence-electron chi connectivity index (χ0n) is 15.9. The summed E-state index contributed by atoms with van der Waals surface area (Å²) in [5.41, 5.74) is 4.78. The molecule has 0 aliphatic carbocycles. The monoisotopic (exact) mass is 494 g/mol. The van der Waals surface area contributed by atoms with Gasteiger partial charge in [-0.1, -0.05) is 6.07 Å². The molecule has 1 aromatic carbocycles. The molecule has 2 aromatic heterocycles. The van der Waals surface area contributed by atoms with Crippen LogP contribution in [0.15, 0.2) is 29.2 Å². The molecule has 28 heavy (non-hydrogen) atoms. The van der Waals surface area contributed by atoms with Gasteiger partial charge < -0.3 is 14.9 Å². The number of pyridine rings is 1. The lowest BCUT2D eigenvalue weighted by molar-refractivity contribution is 0.204. The van der Waals surface area contributed by atoms with Crippen LogP contribution in [-0.2, 0) is 0 Å². The molecule has 148 valence electrons. The van der Waals surface area contributed by atoms with E-state index in [1.807, 2.05) is 6.07 Å². The van der Waals surface area contributed by atoms with Gasteiger partial charge in [0, 0.05) is 16.3 Å². The van der Waals surface area contributed by atoms with Gasteiger partial charge in [0.05, 0.1) is 23.3 Å². The Balaban J connectivity index is 1.62. The van der Waals surface area contributed by atoms with Crippen molar-refractivity contribution in [3.63, 3.8) is 0 Å². The average Bonchev–Trinajstić information content (AvgIpc) is 3.11. The highest BCUT2D eigenvalue weighted by molar-refractivity contribution is 14.1. The van der Waals surface area contributed by atoms with Gasteiger partial charge in [0.25, 0.3) is 5.56 Å². The molecule has 0 radical (unpaired) electrons. The van der Waals surface area contributed by atoms with Gasteiger partial charge in [-0.15, -0.1) is 0 Å². The van der Waals surface area contributed by atoms with Gasteiger partial charge in [0.2, 0.25) is 0 Å². The van der Waals surface area contributed by atoms with Crippen LogP contribution in [0.2, 0.25) is 0 Å². The lowest BCUT2D eigenvalue weighted by atomic mass is 9.88. The Kier molecular flexibility index (Phi) is 5.82. The summed E-state index contributed by atoms with van der Waals surface area (Å²) in [6, 6.07) is 6.29. The first kappa shape index (κ1) is 19.6. The molecule has 1 saturated heterocycles. The number of aromatic nitrogens is 3. The second-order valence-corrected chi connectivity index (χ2v) is 8.67. The van der Waals surface area contributed by atoms with Crippen molar-refractivity contribution in [1.29, 1.82) is 0 Å². The van der Waals surface area contributed by atoms with Crippen molar-refractivity contribution in [2.45, 2.75) is 32.1 Å². The molecule has 1 aliphatic heterocycles. The van der Waals surface area contributed by atoms with Gasteiger partial charge in [-0.3, -0.25) is 9.18 Å². The van der Waals surface area contributed by atoms with Crippen LogP contribution in [0.25, 0.3) is 22.4 Å². The SMILES string of the molecule is Cc1cc(C2CCN(CCCF)CC2)cc2[nH]c(-c3c(I)cc[nH]c3=O)nc12. The molecule has 4 rings (SSSR count). The number of hydrogen-bond donors (Lipinski definition) is 2. The summed E-state index contributed by atoms with van der Waals surface area (Å²) < 4.78 is 13.3. The standard InChI is InChI=1S/C21H24FIN4O/c1-13-11-15(14-4-9-27(10-5-14)8-2-6-22)12-17-19(13)26-20(25-17)18-16(23)3-7-24-21(18)28/h3,7,11-12,14H,2,4-6,8-10H2,1H3,(H,24,28)(H,25,26). The van der Waals surface area contributed by atoms with E-state index in [-0.39, 0.29) is 12.2 Å². The number of aromatic amines is 2. The van der Waals surface area contributed by atoms with Crippen LogP contribution in [0.1, 0.15) is 36.3 Å². The fraction of sp³-hybridized carbons (Fsp3) is 0.429. The summed E-state index contributed by atoms with van der Waals surface area (Å²) in [7, 11) is 0. The number of likely N-dealkylation sites (tertiary alicyclic amines) is 1. The minimum absolute atomic E-state index is 0.135. The van der Waals surface area contributed by atoms with Gasteiger partial charge in [0.15, 0.2) is 0 Å². The second kappa shape index (κ2) is 8.32. The summed E-state index contributed by atoms with van der Waals surface area (Å²) in [5, 5.41) is 0. The maximum Gasteiger partial charge on any atom is 0.260 e. The first-order valence-electron chi connectivity index (χ1n) is 9.73. The fourth-order valence-electron chi connectivity index (χ4n) is 4.12. The number of nitrogens with one attached hydrogen (secondary N) is 2. The van der Waals surface area contributed by atoms with Crippen LogP contribution in [0, 0.1) is 10.5 Å². The maximum atomic E-state index is 12.4. The van der Waals surface area contributed by atoms with Crippen molar-refractivity contribution >= 4 is 33.6 Å². The number of imidazole rings is 1. The Morgan fingerprint density at radius 3 is 2.82 bits per heavy atom. The molecular formula is C21H24FIN4O. The van der Waals surface area contributed by atoms with E-state index in [0.717, 1.165) is 52.6 Å². The van der Waals surface area contributed by atoms with Crippen molar-refractivity contribution in [3.05, 3.63) is 49.4 Å². The average molecular weight is 494 g/mol. The highest BCUT2D eigenvalue weighted by atomic mass is 127. The van der Waals surface area contributed by atoms with Crippen LogP contribution < -0.4 is 5.56 Å². The van der Waals surface area contributed by atoms with Crippen molar-refractivity contribution < 1.29 is 4.39 Å². The van der Waals surface area contributed by atoms with E-state index in [1.165, 1.54) is 5.56 Å². The van der Waals surface area contributed by atoms with Crippen LogP contribution in [0.4, 0.5) is 4.39 Å². The fourth-order valence-corrected chi connectivity index (χ4v) is 4.80. The molecule has 3 aromatic rings. The highest BCUT2D eigenvalue weighted by Gasteiger charge is 2.22. The lowest BCUT2D eigenvalue weighted by Crippen LogP contribution is -2.33. The van der Waals surface area contributed by atoms with E-state index in [9.17, 15) is 9.18 Å². The van der Waals surface area contributed by atoms with Gasteiger partial charge in [-0.25, -0.2) is 4.98 Å². The number of halogens is 2. The third-order valence-corrected chi connectivity index (χ3v) is 6.51. The van der Waals surface area contributed by atoms with E-state index in [1.54, 1.807) is 6.20 Å². The van der Waals surface area contributed by atoms with E-state index in [0.29, 0.717) is 23.7 Å². The molecule has 0 spiro atoms. The lowest BCUT2D eigenvalue weighted by Gasteiger charge is -2.32. The second-order valence-electron chi connectivity index (χ2n) is 7.51. The minimum Gasteiger partial charge on any atom is -0.338 e. The van der Waals surface area contributed by atoms with Crippen LogP contribution in [0.5, 0.6) is 0 Å². The largest absolute Gasteiger partial charge is 0.338 e. The van der Waals surface area contributed by atoms with Crippen molar-refractivity contribution in [2.75, 3.05) is 26.3 Å². The Hall–Kier alpha value is -1.74. The summed E-state index contributed by atoms with van der Waals surface area (Å²) in [6.45, 7) is 4.74. The zero-order valence-corrected chi connectivity index (χ0v) is 18.1. The highest BCUT2D eigenvalue weighted by Crippen LogP contribution is 2.32. The molecular weight excluding hydrogens is 470 g/mol. The first-order chi connectivity index (χ1) is 13.6. The zero-order chi connectivity index (χ0) is 19.7. The third-order valence-electron chi connectivity index (χ3n) is 5.61. The number of piperidine rings is 1. The predicted octanol–water partition coefficient (Wildman–Crippen LogP) is 4.37. The quantitative estimate of drug-likeness (QED) is 0.518. The number of H-pyrrole nitrogens is 2. The molecule has 0 amide bonds. The Morgan fingerprint density at radius 1 is 1.32 bits per heavy atom. The molecule has 0 saturated carbocycles. The molecule has 2 N–H and O–H groups in total. The van der Waals surface area contributed by atoms with Crippen LogP contribution >= 0.6 is 22.6 Å². The smallest absolute Gasteiger partial charge is 0.260 e. The Labute approximate surface area is 176 Å². The molecule has 0 atom stereocenters. The van der Waals surface area contributed by atoms with Crippen LogP contribution in [0.3, 0.4) is 0 Å². The van der Waals surface area contributed by atoms with Gasteiger partial charge in [0.1, 0.15) is 5.82 Å². The van der Waals surface area contributed by atoms with Crippen molar-refractivity contribution in [1.82, 2.24) is 19.9 Å². The van der Waals surface area contributed by atoms with E-state index in [4.69, 9.17) is 4.98 Å². The molecule has 0 unspecified atom stereocenters. The number of benzene rings is 1.